The molecular formula is C12H17N5O. The van der Waals surface area contributed by atoms with Crippen molar-refractivity contribution in [3.8, 4) is 0 Å². The van der Waals surface area contributed by atoms with Gasteiger partial charge in [-0.1, -0.05) is 0 Å². The van der Waals surface area contributed by atoms with Gasteiger partial charge in [0, 0.05) is 50.7 Å². The van der Waals surface area contributed by atoms with Crippen LogP contribution < -0.4 is 5.32 Å². The molecule has 0 aromatic carbocycles. The van der Waals surface area contributed by atoms with Gasteiger partial charge >= 0.3 is 0 Å². The molecule has 0 saturated carbocycles. The highest BCUT2D eigenvalue weighted by Crippen LogP contribution is 1.94. The Labute approximate surface area is 105 Å². The summed E-state index contributed by atoms with van der Waals surface area (Å²) in [6.45, 7) is 1.35. The lowest BCUT2D eigenvalue weighted by molar-refractivity contribution is -0.121. The second-order valence-corrected chi connectivity index (χ2v) is 4.04. The zero-order chi connectivity index (χ0) is 12.6. The summed E-state index contributed by atoms with van der Waals surface area (Å²) in [6.07, 6.45) is 11.0. The number of imidazole rings is 2. The number of aromatic nitrogens is 4. The van der Waals surface area contributed by atoms with Crippen LogP contribution in [0.5, 0.6) is 0 Å². The molecule has 0 unspecified atom stereocenters. The third kappa shape index (κ3) is 4.04. The monoisotopic (exact) mass is 247 g/mol. The van der Waals surface area contributed by atoms with E-state index in [1.54, 1.807) is 24.9 Å². The van der Waals surface area contributed by atoms with E-state index in [0.717, 1.165) is 18.7 Å². The van der Waals surface area contributed by atoms with Crippen LogP contribution in [-0.2, 0) is 17.8 Å². The molecule has 0 aliphatic rings. The van der Waals surface area contributed by atoms with Crippen molar-refractivity contribution < 1.29 is 4.79 Å². The molecule has 18 heavy (non-hydrogen) atoms. The van der Waals surface area contributed by atoms with Crippen LogP contribution in [0, 0.1) is 0 Å². The van der Waals surface area contributed by atoms with E-state index in [1.165, 1.54) is 0 Å². The summed E-state index contributed by atoms with van der Waals surface area (Å²) in [5.41, 5.74) is 0. The van der Waals surface area contributed by atoms with E-state index in [0.29, 0.717) is 19.5 Å². The van der Waals surface area contributed by atoms with Crippen LogP contribution in [-0.4, -0.2) is 32.0 Å². The molecule has 0 bridgehead atoms. The highest BCUT2D eigenvalue weighted by molar-refractivity contribution is 5.75. The molecule has 0 aliphatic carbocycles. The maximum Gasteiger partial charge on any atom is 0.221 e. The van der Waals surface area contributed by atoms with Crippen LogP contribution >= 0.6 is 0 Å². The summed E-state index contributed by atoms with van der Waals surface area (Å²) in [4.78, 5) is 22.6. The highest BCUT2D eigenvalue weighted by Gasteiger charge is 2.01. The molecule has 6 heteroatoms. The summed E-state index contributed by atoms with van der Waals surface area (Å²) in [6, 6.07) is 0. The zero-order valence-corrected chi connectivity index (χ0v) is 10.2. The minimum Gasteiger partial charge on any atom is -0.356 e. The number of hydrogen-bond acceptors (Lipinski definition) is 3. The van der Waals surface area contributed by atoms with Crippen LogP contribution in [0.1, 0.15) is 18.7 Å². The second-order valence-electron chi connectivity index (χ2n) is 4.04. The Morgan fingerprint density at radius 3 is 3.11 bits per heavy atom. The van der Waals surface area contributed by atoms with Crippen molar-refractivity contribution in [2.75, 3.05) is 6.54 Å². The first kappa shape index (κ1) is 12.3. The third-order valence-corrected chi connectivity index (χ3v) is 2.62. The van der Waals surface area contributed by atoms with Gasteiger partial charge in [-0.05, 0) is 6.42 Å². The molecule has 0 spiro atoms. The van der Waals surface area contributed by atoms with Gasteiger partial charge in [-0.3, -0.25) is 4.79 Å². The summed E-state index contributed by atoms with van der Waals surface area (Å²) < 4.78 is 1.89. The van der Waals surface area contributed by atoms with Gasteiger partial charge in [-0.2, -0.15) is 0 Å². The first-order chi connectivity index (χ1) is 8.84. The Kier molecular flexibility index (Phi) is 4.52. The lowest BCUT2D eigenvalue weighted by Gasteiger charge is -2.05. The minimum atomic E-state index is 0.0724. The van der Waals surface area contributed by atoms with Crippen LogP contribution in [0.15, 0.2) is 31.1 Å². The molecule has 0 fully saturated rings. The molecular weight excluding hydrogens is 230 g/mol. The molecule has 2 rings (SSSR count). The number of carbonyl (C=O) groups excluding carboxylic acids is 1. The topological polar surface area (TPSA) is 75.6 Å². The fourth-order valence-corrected chi connectivity index (χ4v) is 1.66. The first-order valence-corrected chi connectivity index (χ1v) is 6.05. The average Bonchev–Trinajstić information content (AvgIpc) is 3.04. The number of aryl methyl sites for hydroxylation is 2. The van der Waals surface area contributed by atoms with Crippen molar-refractivity contribution in [3.05, 3.63) is 36.9 Å². The number of amides is 1. The molecule has 0 radical (unpaired) electrons. The summed E-state index contributed by atoms with van der Waals surface area (Å²) in [7, 11) is 0. The van der Waals surface area contributed by atoms with Crippen molar-refractivity contribution in [3.63, 3.8) is 0 Å². The third-order valence-electron chi connectivity index (χ3n) is 2.62. The zero-order valence-electron chi connectivity index (χ0n) is 10.2. The number of nitrogens with zero attached hydrogens (tertiary/aromatic N) is 3. The smallest absolute Gasteiger partial charge is 0.221 e. The Hall–Kier alpha value is -2.11. The van der Waals surface area contributed by atoms with Gasteiger partial charge in [-0.25, -0.2) is 9.97 Å². The minimum absolute atomic E-state index is 0.0724. The number of H-pyrrole nitrogens is 1. The van der Waals surface area contributed by atoms with Crippen molar-refractivity contribution >= 4 is 5.91 Å². The SMILES string of the molecule is O=C(CCn1ccnc1)NCCCc1ncc[nH]1. The van der Waals surface area contributed by atoms with Crippen LogP contribution in [0.4, 0.5) is 0 Å². The maximum absolute atomic E-state index is 11.5. The maximum atomic E-state index is 11.5. The van der Waals surface area contributed by atoms with Crippen molar-refractivity contribution in [1.82, 2.24) is 24.8 Å². The number of nitrogens with one attached hydrogen (secondary N) is 2. The lowest BCUT2D eigenvalue weighted by atomic mass is 10.3. The largest absolute Gasteiger partial charge is 0.356 e. The lowest BCUT2D eigenvalue weighted by Crippen LogP contribution is -2.25. The van der Waals surface area contributed by atoms with E-state index < -0.39 is 0 Å². The number of hydrogen-bond donors (Lipinski definition) is 2. The Bertz CT molecular complexity index is 449. The highest BCUT2D eigenvalue weighted by atomic mass is 16.1. The van der Waals surface area contributed by atoms with Crippen LogP contribution in [0.2, 0.25) is 0 Å². The van der Waals surface area contributed by atoms with Gasteiger partial charge in [0.15, 0.2) is 0 Å². The van der Waals surface area contributed by atoms with E-state index >= 15 is 0 Å². The van der Waals surface area contributed by atoms with Gasteiger partial charge in [0.05, 0.1) is 6.33 Å². The van der Waals surface area contributed by atoms with Crippen LogP contribution in [0.25, 0.3) is 0 Å². The van der Waals surface area contributed by atoms with Crippen LogP contribution in [0.3, 0.4) is 0 Å². The first-order valence-electron chi connectivity index (χ1n) is 6.05. The second kappa shape index (κ2) is 6.58. The summed E-state index contributed by atoms with van der Waals surface area (Å²) >= 11 is 0. The molecule has 1 amide bonds. The predicted octanol–water partition coefficient (Wildman–Crippen LogP) is 0.745. The van der Waals surface area contributed by atoms with Gasteiger partial charge in [0.1, 0.15) is 5.82 Å². The van der Waals surface area contributed by atoms with Gasteiger partial charge in [0.25, 0.3) is 0 Å². The number of rotatable bonds is 7. The van der Waals surface area contributed by atoms with Gasteiger partial charge < -0.3 is 14.9 Å². The summed E-state index contributed by atoms with van der Waals surface area (Å²) in [5.74, 6) is 1.03. The summed E-state index contributed by atoms with van der Waals surface area (Å²) in [5, 5.41) is 2.89. The molecule has 6 nitrogen and oxygen atoms in total. The van der Waals surface area contributed by atoms with Crippen molar-refractivity contribution in [1.29, 1.82) is 0 Å². The fraction of sp³-hybridized carbons (Fsp3) is 0.417. The molecule has 0 atom stereocenters. The Morgan fingerprint density at radius 1 is 1.44 bits per heavy atom. The van der Waals surface area contributed by atoms with E-state index in [2.05, 4.69) is 20.3 Å². The molecule has 2 heterocycles. The normalized spacial score (nSPS) is 10.4. The quantitative estimate of drug-likeness (QED) is 0.709. The standard InChI is InChI=1S/C12H17N5O/c18-12(3-8-17-9-7-13-10-17)16-4-1-2-11-14-5-6-15-11/h5-7,9-10H,1-4,8H2,(H,14,15)(H,16,18). The van der Waals surface area contributed by atoms with E-state index in [-0.39, 0.29) is 5.91 Å². The predicted molar refractivity (Wildman–Crippen MR) is 66.8 cm³/mol. The van der Waals surface area contributed by atoms with Gasteiger partial charge in [0.2, 0.25) is 5.91 Å². The Balaban J connectivity index is 1.55. The fourth-order valence-electron chi connectivity index (χ4n) is 1.66. The molecule has 0 aliphatic heterocycles. The molecule has 0 saturated heterocycles. The van der Waals surface area contributed by atoms with E-state index in [9.17, 15) is 4.79 Å². The van der Waals surface area contributed by atoms with E-state index in [4.69, 9.17) is 0 Å². The molecule has 96 valence electrons. The van der Waals surface area contributed by atoms with E-state index in [1.807, 2.05) is 10.8 Å². The van der Waals surface area contributed by atoms with Gasteiger partial charge in [-0.15, -0.1) is 0 Å². The number of aromatic amines is 1. The molecule has 2 N–H and O–H groups in total. The average molecular weight is 247 g/mol. The molecule has 2 aromatic heterocycles. The molecule has 2 aromatic rings. The Morgan fingerprint density at radius 2 is 2.39 bits per heavy atom. The number of carbonyl (C=O) groups is 1. The van der Waals surface area contributed by atoms with Crippen molar-refractivity contribution in [2.24, 2.45) is 0 Å². The van der Waals surface area contributed by atoms with Crippen molar-refractivity contribution in [2.45, 2.75) is 25.8 Å².